The molecule has 1 unspecified atom stereocenters. The van der Waals surface area contributed by atoms with Crippen molar-refractivity contribution in [3.05, 3.63) is 28.2 Å². The van der Waals surface area contributed by atoms with Gasteiger partial charge in [0.25, 0.3) is 0 Å². The van der Waals surface area contributed by atoms with E-state index in [1.54, 1.807) is 0 Å². The number of ether oxygens (including phenoxy) is 1. The van der Waals surface area contributed by atoms with Crippen LogP contribution in [0.25, 0.3) is 0 Å². The van der Waals surface area contributed by atoms with Gasteiger partial charge in [-0.15, -0.1) is 0 Å². The van der Waals surface area contributed by atoms with Gasteiger partial charge in [0.15, 0.2) is 0 Å². The molecule has 0 amide bonds. The summed E-state index contributed by atoms with van der Waals surface area (Å²) < 4.78 is 6.59. The van der Waals surface area contributed by atoms with E-state index in [0.717, 1.165) is 15.8 Å². The highest BCUT2D eigenvalue weighted by atomic mass is 79.9. The Bertz CT molecular complexity index is 354. The van der Waals surface area contributed by atoms with Crippen molar-refractivity contribution in [2.75, 3.05) is 0 Å². The van der Waals surface area contributed by atoms with E-state index < -0.39 is 0 Å². The highest BCUT2D eigenvalue weighted by Gasteiger charge is 2.07. The Balaban J connectivity index is 2.78. The first-order valence-corrected chi connectivity index (χ1v) is 5.43. The first kappa shape index (κ1) is 11.5. The van der Waals surface area contributed by atoms with Crippen LogP contribution in [-0.4, -0.2) is 11.1 Å². The van der Waals surface area contributed by atoms with Crippen LogP contribution in [0.3, 0.4) is 0 Å². The van der Waals surface area contributed by atoms with Crippen LogP contribution in [0, 0.1) is 6.92 Å². The van der Waals surface area contributed by atoms with E-state index in [9.17, 15) is 0 Å². The fraction of sp³-hybridized carbons (Fsp3) is 0.300. The van der Waals surface area contributed by atoms with Gasteiger partial charge < -0.3 is 10.5 Å². The molecule has 0 aromatic heterocycles. The number of nitrogens with two attached hydrogens (primary N) is 1. The third kappa shape index (κ3) is 2.96. The zero-order chi connectivity index (χ0) is 10.7. The number of halogens is 1. The Hall–Kier alpha value is -0.610. The number of hydrogen-bond donors (Lipinski definition) is 1. The number of benzene rings is 1. The molecule has 1 rings (SSSR count). The summed E-state index contributed by atoms with van der Waals surface area (Å²) in [5, 5.41) is 0. The van der Waals surface area contributed by atoms with Crippen molar-refractivity contribution in [2.45, 2.75) is 20.0 Å². The first-order chi connectivity index (χ1) is 6.50. The normalized spacial score (nSPS) is 12.2. The zero-order valence-electron chi connectivity index (χ0n) is 8.08. The van der Waals surface area contributed by atoms with Crippen molar-refractivity contribution >= 4 is 33.1 Å². The Morgan fingerprint density at radius 2 is 2.21 bits per heavy atom. The number of rotatable bonds is 3. The van der Waals surface area contributed by atoms with Crippen molar-refractivity contribution < 1.29 is 4.74 Å². The van der Waals surface area contributed by atoms with E-state index in [-0.39, 0.29) is 6.10 Å². The van der Waals surface area contributed by atoms with Crippen LogP contribution >= 0.6 is 28.1 Å². The second kappa shape index (κ2) is 4.75. The number of thiocarbonyl (C=S) groups is 1. The van der Waals surface area contributed by atoms with Crippen molar-refractivity contribution in [1.82, 2.24) is 0 Å². The molecule has 0 aliphatic heterocycles. The Morgan fingerprint density at radius 1 is 1.57 bits per heavy atom. The standard InChI is InChI=1S/C10H12BrNOS/c1-6-5-8(3-4-9(6)11)13-7(2)10(12)14/h3-5,7H,1-2H3,(H2,12,14). The van der Waals surface area contributed by atoms with Gasteiger partial charge in [-0.25, -0.2) is 0 Å². The van der Waals surface area contributed by atoms with E-state index in [0.29, 0.717) is 4.99 Å². The topological polar surface area (TPSA) is 35.2 Å². The molecule has 0 saturated heterocycles. The minimum atomic E-state index is -0.231. The van der Waals surface area contributed by atoms with Crippen LogP contribution in [0.4, 0.5) is 0 Å². The largest absolute Gasteiger partial charge is 0.484 e. The maximum atomic E-state index is 5.52. The molecule has 0 fully saturated rings. The fourth-order valence-corrected chi connectivity index (χ4v) is 1.25. The van der Waals surface area contributed by atoms with Gasteiger partial charge in [-0.2, -0.15) is 0 Å². The quantitative estimate of drug-likeness (QED) is 0.861. The molecule has 2 nitrogen and oxygen atoms in total. The predicted molar refractivity (Wildman–Crippen MR) is 65.8 cm³/mol. The first-order valence-electron chi connectivity index (χ1n) is 4.23. The van der Waals surface area contributed by atoms with Crippen molar-refractivity contribution in [2.24, 2.45) is 5.73 Å². The molecule has 0 radical (unpaired) electrons. The van der Waals surface area contributed by atoms with Crippen LogP contribution in [0.2, 0.25) is 0 Å². The third-order valence-corrected chi connectivity index (χ3v) is 3.06. The molecule has 1 aromatic carbocycles. The molecule has 0 aliphatic carbocycles. The van der Waals surface area contributed by atoms with Crippen LogP contribution in [0.5, 0.6) is 5.75 Å². The minimum absolute atomic E-state index is 0.231. The van der Waals surface area contributed by atoms with Gasteiger partial charge in [-0.1, -0.05) is 28.1 Å². The minimum Gasteiger partial charge on any atom is -0.484 e. The van der Waals surface area contributed by atoms with Crippen LogP contribution < -0.4 is 10.5 Å². The molecule has 0 bridgehead atoms. The molecule has 0 aliphatic rings. The van der Waals surface area contributed by atoms with E-state index in [1.807, 2.05) is 32.0 Å². The molecule has 0 heterocycles. The Labute approximate surface area is 97.6 Å². The lowest BCUT2D eigenvalue weighted by Gasteiger charge is -2.13. The van der Waals surface area contributed by atoms with E-state index in [4.69, 9.17) is 22.7 Å². The molecule has 4 heteroatoms. The lowest BCUT2D eigenvalue weighted by molar-refractivity contribution is 0.288. The molecule has 0 spiro atoms. The van der Waals surface area contributed by atoms with Crippen molar-refractivity contribution in [1.29, 1.82) is 0 Å². The van der Waals surface area contributed by atoms with Crippen molar-refractivity contribution in [3.63, 3.8) is 0 Å². The summed E-state index contributed by atoms with van der Waals surface area (Å²) in [6.45, 7) is 3.84. The van der Waals surface area contributed by atoms with Crippen LogP contribution in [-0.2, 0) is 0 Å². The summed E-state index contributed by atoms with van der Waals surface area (Å²) in [4.78, 5) is 0.366. The SMILES string of the molecule is Cc1cc(OC(C)C(N)=S)ccc1Br. The van der Waals surface area contributed by atoms with Crippen LogP contribution in [0.1, 0.15) is 12.5 Å². The van der Waals surface area contributed by atoms with E-state index in [2.05, 4.69) is 15.9 Å². The molecule has 1 atom stereocenters. The second-order valence-electron chi connectivity index (χ2n) is 3.07. The highest BCUT2D eigenvalue weighted by molar-refractivity contribution is 9.10. The van der Waals surface area contributed by atoms with Crippen molar-refractivity contribution in [3.8, 4) is 5.75 Å². The average molecular weight is 274 g/mol. The van der Waals surface area contributed by atoms with Gasteiger partial charge in [-0.3, -0.25) is 0 Å². The zero-order valence-corrected chi connectivity index (χ0v) is 10.5. The number of hydrogen-bond acceptors (Lipinski definition) is 2. The second-order valence-corrected chi connectivity index (χ2v) is 4.40. The van der Waals surface area contributed by atoms with Gasteiger partial charge in [0.1, 0.15) is 16.8 Å². The van der Waals surface area contributed by atoms with E-state index in [1.165, 1.54) is 0 Å². The maximum Gasteiger partial charge on any atom is 0.145 e. The lowest BCUT2D eigenvalue weighted by Crippen LogP contribution is -2.28. The monoisotopic (exact) mass is 273 g/mol. The molecule has 14 heavy (non-hydrogen) atoms. The van der Waals surface area contributed by atoms with Gasteiger partial charge in [-0.05, 0) is 37.6 Å². The smallest absolute Gasteiger partial charge is 0.145 e. The number of aryl methyl sites for hydroxylation is 1. The average Bonchev–Trinajstić information content (AvgIpc) is 2.11. The molecule has 2 N–H and O–H groups in total. The summed E-state index contributed by atoms with van der Waals surface area (Å²) in [7, 11) is 0. The molecule has 0 saturated carbocycles. The highest BCUT2D eigenvalue weighted by Crippen LogP contribution is 2.22. The molecular weight excluding hydrogens is 262 g/mol. The predicted octanol–water partition coefficient (Wildman–Crippen LogP) is 2.81. The molecule has 1 aromatic rings. The summed E-state index contributed by atoms with van der Waals surface area (Å²) in [6, 6.07) is 5.77. The molecular formula is C10H12BrNOS. The van der Waals surface area contributed by atoms with Gasteiger partial charge >= 0.3 is 0 Å². The Kier molecular flexibility index (Phi) is 3.89. The van der Waals surface area contributed by atoms with Crippen LogP contribution in [0.15, 0.2) is 22.7 Å². The third-order valence-electron chi connectivity index (χ3n) is 1.84. The Morgan fingerprint density at radius 3 is 2.71 bits per heavy atom. The van der Waals surface area contributed by atoms with Gasteiger partial charge in [0.05, 0.1) is 0 Å². The maximum absolute atomic E-state index is 5.52. The summed E-state index contributed by atoms with van der Waals surface area (Å²) in [5.74, 6) is 0.783. The van der Waals surface area contributed by atoms with E-state index >= 15 is 0 Å². The lowest BCUT2D eigenvalue weighted by atomic mass is 10.2. The fourth-order valence-electron chi connectivity index (χ4n) is 0.953. The summed E-state index contributed by atoms with van der Waals surface area (Å²) in [5.41, 5.74) is 6.57. The molecule has 76 valence electrons. The van der Waals surface area contributed by atoms with Gasteiger partial charge in [0.2, 0.25) is 0 Å². The van der Waals surface area contributed by atoms with Gasteiger partial charge in [0, 0.05) is 4.47 Å². The summed E-state index contributed by atoms with van der Waals surface area (Å²) in [6.07, 6.45) is -0.231. The summed E-state index contributed by atoms with van der Waals surface area (Å²) >= 11 is 8.24.